The van der Waals surface area contributed by atoms with Gasteiger partial charge >= 0.3 is 0 Å². The van der Waals surface area contributed by atoms with Crippen molar-refractivity contribution < 1.29 is 8.42 Å². The van der Waals surface area contributed by atoms with Gasteiger partial charge in [-0.05, 0) is 25.8 Å². The molecule has 1 aliphatic rings. The number of aromatic amines is 1. The normalized spacial score (nSPS) is 20.6. The highest BCUT2D eigenvalue weighted by Gasteiger charge is 2.35. The molecule has 2 N–H and O–H groups in total. The molecule has 0 radical (unpaired) electrons. The number of nitrogens with zero attached hydrogens (tertiary/aromatic N) is 2. The Balaban J connectivity index is 2.27. The molecule has 20 heavy (non-hydrogen) atoms. The van der Waals surface area contributed by atoms with Crippen LogP contribution in [0.4, 0.5) is 0 Å². The van der Waals surface area contributed by atoms with E-state index in [-0.39, 0.29) is 0 Å². The van der Waals surface area contributed by atoms with E-state index in [2.05, 4.69) is 22.4 Å². The van der Waals surface area contributed by atoms with Crippen molar-refractivity contribution in [3.8, 4) is 0 Å². The Morgan fingerprint density at radius 3 is 2.80 bits per heavy atom. The fourth-order valence-electron chi connectivity index (χ4n) is 2.65. The fraction of sp³-hybridized carbons (Fsp3) is 0.769. The molecule has 1 aromatic heterocycles. The minimum absolute atomic E-state index is 0.357. The molecular formula is C13H24N4O2S. The van der Waals surface area contributed by atoms with Gasteiger partial charge in [-0.25, -0.2) is 8.42 Å². The summed E-state index contributed by atoms with van der Waals surface area (Å²) in [5.74, 6) is 0.481. The maximum absolute atomic E-state index is 12.8. The number of hydrogen-bond donors (Lipinski definition) is 2. The first-order valence-electron chi connectivity index (χ1n) is 7.25. The number of nitrogens with one attached hydrogen (secondary N) is 2. The topological polar surface area (TPSA) is 78.1 Å². The van der Waals surface area contributed by atoms with E-state index in [1.807, 2.05) is 6.92 Å². The van der Waals surface area contributed by atoms with Crippen molar-refractivity contribution in [2.45, 2.75) is 45.1 Å². The summed E-state index contributed by atoms with van der Waals surface area (Å²) in [6.45, 7) is 8.37. The predicted molar refractivity (Wildman–Crippen MR) is 77.9 cm³/mol. The standard InChI is InChI=1S/C13H24N4O2S/c1-4-11-6-7-17(9-11)20(18,19)13-10(3)15-16-12(13)8-14-5-2/h11,14H,4-9H2,1-3H3,(H,15,16). The SMILES string of the molecule is CCNCc1n[nH]c(C)c1S(=O)(=O)N1CCC(CC)C1. The largest absolute Gasteiger partial charge is 0.311 e. The highest BCUT2D eigenvalue weighted by molar-refractivity contribution is 7.89. The van der Waals surface area contributed by atoms with E-state index in [1.54, 1.807) is 11.2 Å². The quantitative estimate of drug-likeness (QED) is 0.829. The van der Waals surface area contributed by atoms with Crippen molar-refractivity contribution in [3.63, 3.8) is 0 Å². The molecule has 7 heteroatoms. The third-order valence-electron chi connectivity index (χ3n) is 3.93. The van der Waals surface area contributed by atoms with Crippen molar-refractivity contribution in [2.24, 2.45) is 5.92 Å². The number of hydrogen-bond acceptors (Lipinski definition) is 4. The Labute approximate surface area is 121 Å². The van der Waals surface area contributed by atoms with Gasteiger partial charge in [-0.1, -0.05) is 20.3 Å². The second-order valence-electron chi connectivity index (χ2n) is 5.33. The van der Waals surface area contributed by atoms with Gasteiger partial charge in [-0.2, -0.15) is 9.40 Å². The van der Waals surface area contributed by atoms with Crippen molar-refractivity contribution in [1.82, 2.24) is 19.8 Å². The van der Waals surface area contributed by atoms with Crippen LogP contribution in [0.25, 0.3) is 0 Å². The smallest absolute Gasteiger partial charge is 0.246 e. The molecule has 1 unspecified atom stereocenters. The first-order chi connectivity index (χ1) is 9.50. The molecule has 1 atom stereocenters. The van der Waals surface area contributed by atoms with Gasteiger partial charge in [0.1, 0.15) is 4.90 Å². The number of aryl methyl sites for hydroxylation is 1. The number of H-pyrrole nitrogens is 1. The van der Waals surface area contributed by atoms with Gasteiger partial charge in [-0.15, -0.1) is 0 Å². The molecule has 1 saturated heterocycles. The Morgan fingerprint density at radius 1 is 1.45 bits per heavy atom. The van der Waals surface area contributed by atoms with Crippen LogP contribution < -0.4 is 5.32 Å². The van der Waals surface area contributed by atoms with Crippen LogP contribution in [0.2, 0.25) is 0 Å². The van der Waals surface area contributed by atoms with Crippen molar-refractivity contribution in [3.05, 3.63) is 11.4 Å². The van der Waals surface area contributed by atoms with Gasteiger partial charge in [0, 0.05) is 19.6 Å². The molecule has 1 aliphatic heterocycles. The Hall–Kier alpha value is -0.920. The molecule has 0 saturated carbocycles. The summed E-state index contributed by atoms with van der Waals surface area (Å²) < 4.78 is 27.2. The van der Waals surface area contributed by atoms with E-state index in [9.17, 15) is 8.42 Å². The number of rotatable bonds is 6. The lowest BCUT2D eigenvalue weighted by molar-refractivity contribution is 0.451. The summed E-state index contributed by atoms with van der Waals surface area (Å²) in [5, 5.41) is 10.1. The monoisotopic (exact) mass is 300 g/mol. The summed E-state index contributed by atoms with van der Waals surface area (Å²) >= 11 is 0. The van der Waals surface area contributed by atoms with Crippen LogP contribution in [0, 0.1) is 12.8 Å². The summed E-state index contributed by atoms with van der Waals surface area (Å²) in [6.07, 6.45) is 1.98. The molecule has 114 valence electrons. The van der Waals surface area contributed by atoms with Crippen LogP contribution in [0.3, 0.4) is 0 Å². The molecule has 0 bridgehead atoms. The highest BCUT2D eigenvalue weighted by atomic mass is 32.2. The molecule has 2 heterocycles. The summed E-state index contributed by atoms with van der Waals surface area (Å²) in [4.78, 5) is 0.357. The van der Waals surface area contributed by atoms with E-state index in [4.69, 9.17) is 0 Å². The van der Waals surface area contributed by atoms with Crippen LogP contribution in [0.5, 0.6) is 0 Å². The van der Waals surface area contributed by atoms with Crippen molar-refractivity contribution >= 4 is 10.0 Å². The molecule has 1 fully saturated rings. The highest BCUT2D eigenvalue weighted by Crippen LogP contribution is 2.28. The zero-order valence-corrected chi connectivity index (χ0v) is 13.3. The Morgan fingerprint density at radius 2 is 2.20 bits per heavy atom. The first-order valence-corrected chi connectivity index (χ1v) is 8.69. The molecular weight excluding hydrogens is 276 g/mol. The molecule has 0 aromatic carbocycles. The maximum Gasteiger partial charge on any atom is 0.246 e. The van der Waals surface area contributed by atoms with Gasteiger partial charge in [-0.3, -0.25) is 5.10 Å². The van der Waals surface area contributed by atoms with E-state index >= 15 is 0 Å². The molecule has 0 spiro atoms. The zero-order valence-electron chi connectivity index (χ0n) is 12.4. The van der Waals surface area contributed by atoms with E-state index in [0.717, 1.165) is 19.4 Å². The van der Waals surface area contributed by atoms with E-state index in [0.29, 0.717) is 41.8 Å². The van der Waals surface area contributed by atoms with Gasteiger partial charge in [0.25, 0.3) is 0 Å². The van der Waals surface area contributed by atoms with Crippen molar-refractivity contribution in [1.29, 1.82) is 0 Å². The van der Waals surface area contributed by atoms with Gasteiger partial charge in [0.15, 0.2) is 0 Å². The van der Waals surface area contributed by atoms with Crippen LogP contribution >= 0.6 is 0 Å². The molecule has 2 rings (SSSR count). The van der Waals surface area contributed by atoms with Crippen LogP contribution in [0.15, 0.2) is 4.90 Å². The molecule has 0 amide bonds. The summed E-state index contributed by atoms with van der Waals surface area (Å²) in [7, 11) is -3.43. The Kier molecular flexibility index (Phi) is 4.82. The van der Waals surface area contributed by atoms with Gasteiger partial charge in [0.2, 0.25) is 10.0 Å². The average Bonchev–Trinajstić information content (AvgIpc) is 3.03. The average molecular weight is 300 g/mol. The number of sulfonamides is 1. The lowest BCUT2D eigenvalue weighted by Gasteiger charge is -2.17. The lowest BCUT2D eigenvalue weighted by Crippen LogP contribution is -2.30. The molecule has 1 aromatic rings. The van der Waals surface area contributed by atoms with Gasteiger partial charge < -0.3 is 5.32 Å². The Bertz CT molecular complexity index is 553. The molecule has 6 nitrogen and oxygen atoms in total. The van der Waals surface area contributed by atoms with Crippen LogP contribution in [-0.4, -0.2) is 42.6 Å². The van der Waals surface area contributed by atoms with Crippen molar-refractivity contribution in [2.75, 3.05) is 19.6 Å². The van der Waals surface area contributed by atoms with E-state index in [1.165, 1.54) is 0 Å². The third kappa shape index (κ3) is 2.89. The number of aromatic nitrogens is 2. The van der Waals surface area contributed by atoms with Crippen LogP contribution in [-0.2, 0) is 16.6 Å². The van der Waals surface area contributed by atoms with Gasteiger partial charge in [0.05, 0.1) is 11.4 Å². The predicted octanol–water partition coefficient (Wildman–Crippen LogP) is 1.25. The first kappa shape index (κ1) is 15.5. The third-order valence-corrected chi connectivity index (χ3v) is 6.00. The van der Waals surface area contributed by atoms with Crippen LogP contribution in [0.1, 0.15) is 38.1 Å². The molecule has 0 aliphatic carbocycles. The summed E-state index contributed by atoms with van der Waals surface area (Å²) in [5.41, 5.74) is 1.21. The second kappa shape index (κ2) is 6.24. The maximum atomic E-state index is 12.8. The zero-order chi connectivity index (χ0) is 14.8. The minimum atomic E-state index is -3.43. The second-order valence-corrected chi connectivity index (χ2v) is 7.21. The fourth-order valence-corrected chi connectivity index (χ4v) is 4.51. The summed E-state index contributed by atoms with van der Waals surface area (Å²) in [6, 6.07) is 0. The minimum Gasteiger partial charge on any atom is -0.311 e. The lowest BCUT2D eigenvalue weighted by atomic mass is 10.1. The van der Waals surface area contributed by atoms with E-state index < -0.39 is 10.0 Å².